The maximum absolute atomic E-state index is 13.3. The van der Waals surface area contributed by atoms with Gasteiger partial charge in [0, 0.05) is 27.2 Å². The van der Waals surface area contributed by atoms with Crippen molar-refractivity contribution in [3.63, 3.8) is 0 Å². The molecule has 0 aliphatic carbocycles. The van der Waals surface area contributed by atoms with Gasteiger partial charge in [0.25, 0.3) is 23.4 Å². The number of imide groups is 1. The highest BCUT2D eigenvalue weighted by molar-refractivity contribution is 9.10. The molecule has 0 bridgehead atoms. The van der Waals surface area contributed by atoms with Crippen molar-refractivity contribution in [1.82, 2.24) is 4.90 Å². The summed E-state index contributed by atoms with van der Waals surface area (Å²) in [6.07, 6.45) is 0. The number of non-ortho nitro benzene ring substituents is 1. The summed E-state index contributed by atoms with van der Waals surface area (Å²) in [6, 6.07) is 11.2. The van der Waals surface area contributed by atoms with Gasteiger partial charge in [0.1, 0.15) is 12.1 Å². The van der Waals surface area contributed by atoms with Gasteiger partial charge >= 0.3 is 0 Å². The van der Waals surface area contributed by atoms with Crippen molar-refractivity contribution in [1.29, 1.82) is 0 Å². The lowest BCUT2D eigenvalue weighted by Crippen LogP contribution is -2.67. The molecule has 0 N–H and O–H groups in total. The number of carbonyl (C=O) groups is 3. The van der Waals surface area contributed by atoms with Gasteiger partial charge in [-0.1, -0.05) is 22.0 Å². The van der Waals surface area contributed by atoms with Crippen LogP contribution >= 0.6 is 27.3 Å². The highest BCUT2D eigenvalue weighted by Gasteiger charge is 2.57. The molecule has 0 spiro atoms. The Labute approximate surface area is 194 Å². The number of nitrogens with zero attached hydrogens (tertiary/aromatic N) is 3. The van der Waals surface area contributed by atoms with Crippen molar-refractivity contribution in [2.45, 2.75) is 19.0 Å². The fraction of sp³-hybridized carbons (Fsp3) is 0.136. The van der Waals surface area contributed by atoms with E-state index in [1.54, 1.807) is 11.0 Å². The van der Waals surface area contributed by atoms with Gasteiger partial charge in [-0.15, -0.1) is 11.3 Å². The van der Waals surface area contributed by atoms with E-state index in [4.69, 9.17) is 0 Å². The largest absolute Gasteiger partial charge is 0.300 e. The van der Waals surface area contributed by atoms with Crippen LogP contribution in [-0.2, 0) is 4.79 Å². The van der Waals surface area contributed by atoms with Crippen LogP contribution in [0.15, 0.2) is 58.4 Å². The minimum absolute atomic E-state index is 0.0557. The fourth-order valence-electron chi connectivity index (χ4n) is 4.15. The third-order valence-corrected chi connectivity index (χ3v) is 7.55. The van der Waals surface area contributed by atoms with E-state index in [1.807, 2.05) is 36.6 Å². The molecule has 3 amide bonds. The minimum Gasteiger partial charge on any atom is -0.300 e. The number of amides is 3. The molecule has 0 saturated carbocycles. The average Bonchev–Trinajstić information content (AvgIpc) is 3.37. The molecule has 3 aromatic rings. The van der Waals surface area contributed by atoms with Crippen molar-refractivity contribution < 1.29 is 19.3 Å². The van der Waals surface area contributed by atoms with Gasteiger partial charge in [0.2, 0.25) is 0 Å². The maximum atomic E-state index is 13.3. The molecule has 2 aliphatic rings. The van der Waals surface area contributed by atoms with Crippen LogP contribution in [0, 0.1) is 17.0 Å². The molecular formula is C22H14BrN3O5S. The Morgan fingerprint density at radius 3 is 2.38 bits per heavy atom. The molecule has 1 fully saturated rings. The van der Waals surface area contributed by atoms with Gasteiger partial charge in [0.05, 0.1) is 16.1 Å². The van der Waals surface area contributed by atoms with Gasteiger partial charge < -0.3 is 0 Å². The Bertz CT molecular complexity index is 1320. The SMILES string of the molecule is Cc1cc(N2C(=O)[C@H](N3C(=O)c4ccc([N+](=O)[O-])cc4C3=O)[C@@H]2c2cccs2)ccc1Br. The molecule has 5 rings (SSSR count). The number of fused-ring (bicyclic) bond motifs is 1. The molecule has 32 heavy (non-hydrogen) atoms. The van der Waals surface area contributed by atoms with Crippen LogP contribution in [-0.4, -0.2) is 33.6 Å². The summed E-state index contributed by atoms with van der Waals surface area (Å²) in [6.45, 7) is 1.91. The van der Waals surface area contributed by atoms with Crippen molar-refractivity contribution in [3.05, 3.63) is 90.1 Å². The Kier molecular flexibility index (Phi) is 4.72. The van der Waals surface area contributed by atoms with E-state index >= 15 is 0 Å². The van der Waals surface area contributed by atoms with E-state index in [1.165, 1.54) is 23.5 Å². The number of β-lactam (4-membered cyclic amide) rings is 1. The molecule has 8 nitrogen and oxygen atoms in total. The molecule has 1 aromatic heterocycles. The summed E-state index contributed by atoms with van der Waals surface area (Å²) >= 11 is 4.88. The van der Waals surface area contributed by atoms with Crippen LogP contribution in [0.2, 0.25) is 0 Å². The molecule has 3 heterocycles. The van der Waals surface area contributed by atoms with E-state index in [0.29, 0.717) is 5.69 Å². The number of halogens is 1. The first kappa shape index (κ1) is 20.5. The van der Waals surface area contributed by atoms with Crippen molar-refractivity contribution in [3.8, 4) is 0 Å². The van der Waals surface area contributed by atoms with Crippen molar-refractivity contribution in [2.24, 2.45) is 0 Å². The van der Waals surface area contributed by atoms with Crippen LogP contribution in [0.3, 0.4) is 0 Å². The lowest BCUT2D eigenvalue weighted by atomic mass is 9.90. The smallest absolute Gasteiger partial charge is 0.270 e. The summed E-state index contributed by atoms with van der Waals surface area (Å²) in [5.74, 6) is -1.69. The second-order valence-electron chi connectivity index (χ2n) is 7.51. The topological polar surface area (TPSA) is 101 Å². The molecule has 1 saturated heterocycles. The average molecular weight is 512 g/mol. The molecule has 2 aromatic carbocycles. The molecule has 2 atom stereocenters. The second-order valence-corrected chi connectivity index (χ2v) is 9.35. The van der Waals surface area contributed by atoms with E-state index in [2.05, 4.69) is 15.9 Å². The van der Waals surface area contributed by atoms with E-state index < -0.39 is 28.8 Å². The zero-order valence-corrected chi connectivity index (χ0v) is 18.9. The lowest BCUT2D eigenvalue weighted by molar-refractivity contribution is -0.384. The number of nitro groups is 1. The lowest BCUT2D eigenvalue weighted by Gasteiger charge is -2.49. The fourth-order valence-corrected chi connectivity index (χ4v) is 5.24. The predicted octanol–water partition coefficient (Wildman–Crippen LogP) is 4.48. The van der Waals surface area contributed by atoms with Crippen molar-refractivity contribution in [2.75, 3.05) is 4.90 Å². The summed E-state index contributed by atoms with van der Waals surface area (Å²) in [4.78, 5) is 53.4. The molecule has 0 radical (unpaired) electrons. The Hall–Kier alpha value is -3.37. The van der Waals surface area contributed by atoms with Crippen LogP contribution in [0.5, 0.6) is 0 Å². The van der Waals surface area contributed by atoms with Crippen molar-refractivity contribution >= 4 is 56.4 Å². The number of anilines is 1. The van der Waals surface area contributed by atoms with E-state index in [-0.39, 0.29) is 22.7 Å². The number of thiophene rings is 1. The summed E-state index contributed by atoms with van der Waals surface area (Å²) in [5, 5.41) is 13.0. The number of hydrogen-bond acceptors (Lipinski definition) is 6. The van der Waals surface area contributed by atoms with Gasteiger partial charge in [-0.2, -0.15) is 0 Å². The van der Waals surface area contributed by atoms with Gasteiger partial charge in [-0.25, -0.2) is 0 Å². The standard InChI is InChI=1S/C22H14BrN3O5S/c1-11-9-12(5-7-16(11)23)24-18(17-3-2-8-32-17)19(22(24)29)25-20(27)14-6-4-13(26(30)31)10-15(14)21(25)28/h2-10,18-19H,1H3/t18-,19+/m0/s1. The van der Waals surface area contributed by atoms with Gasteiger partial charge in [0.15, 0.2) is 0 Å². The Morgan fingerprint density at radius 1 is 0.969 bits per heavy atom. The number of nitro benzene ring substituents is 1. The molecule has 2 aliphatic heterocycles. The van der Waals surface area contributed by atoms with E-state index in [9.17, 15) is 24.5 Å². The number of rotatable bonds is 4. The number of hydrogen-bond donors (Lipinski definition) is 0. The van der Waals surface area contributed by atoms with Crippen LogP contribution in [0.4, 0.5) is 11.4 Å². The number of benzene rings is 2. The predicted molar refractivity (Wildman–Crippen MR) is 121 cm³/mol. The Balaban J connectivity index is 1.56. The van der Waals surface area contributed by atoms with Crippen LogP contribution in [0.25, 0.3) is 0 Å². The van der Waals surface area contributed by atoms with Gasteiger partial charge in [-0.3, -0.25) is 34.3 Å². The minimum atomic E-state index is -1.02. The Morgan fingerprint density at radius 2 is 1.72 bits per heavy atom. The molecule has 10 heteroatoms. The first-order chi connectivity index (χ1) is 15.3. The zero-order valence-electron chi connectivity index (χ0n) is 16.5. The number of aryl methyl sites for hydroxylation is 1. The highest BCUT2D eigenvalue weighted by atomic mass is 79.9. The number of carbonyl (C=O) groups excluding carboxylic acids is 3. The summed E-state index contributed by atoms with van der Waals surface area (Å²) in [7, 11) is 0. The quantitative estimate of drug-likeness (QED) is 0.222. The highest BCUT2D eigenvalue weighted by Crippen LogP contribution is 2.46. The normalized spacial score (nSPS) is 19.9. The zero-order chi connectivity index (χ0) is 22.7. The summed E-state index contributed by atoms with van der Waals surface area (Å²) < 4.78 is 0.903. The third-order valence-electron chi connectivity index (χ3n) is 5.71. The van der Waals surface area contributed by atoms with Crippen LogP contribution < -0.4 is 4.90 Å². The first-order valence-electron chi connectivity index (χ1n) is 9.58. The second kappa shape index (κ2) is 7.35. The first-order valence-corrected chi connectivity index (χ1v) is 11.3. The van der Waals surface area contributed by atoms with E-state index in [0.717, 1.165) is 25.9 Å². The monoisotopic (exact) mass is 511 g/mol. The molecular weight excluding hydrogens is 498 g/mol. The molecule has 0 unspecified atom stereocenters. The third kappa shape index (κ3) is 2.90. The van der Waals surface area contributed by atoms with Gasteiger partial charge in [-0.05, 0) is 48.2 Å². The molecule has 160 valence electrons. The maximum Gasteiger partial charge on any atom is 0.270 e. The van der Waals surface area contributed by atoms with Crippen LogP contribution in [0.1, 0.15) is 37.2 Å². The summed E-state index contributed by atoms with van der Waals surface area (Å²) in [5.41, 5.74) is 1.33.